The smallest absolute Gasteiger partial charge is 0.0600 e. The molecular formula is C17H36N2O2. The van der Waals surface area contributed by atoms with Gasteiger partial charge in [-0.05, 0) is 33.6 Å². The Bertz CT molecular complexity index is 268. The zero-order valence-electron chi connectivity index (χ0n) is 15.0. The van der Waals surface area contributed by atoms with E-state index in [1.165, 1.54) is 0 Å². The largest absolute Gasteiger partial charge is 0.377 e. The molecule has 4 heteroatoms. The predicted molar refractivity (Wildman–Crippen MR) is 88.8 cm³/mol. The van der Waals surface area contributed by atoms with E-state index in [2.05, 4.69) is 51.3 Å². The van der Waals surface area contributed by atoms with Crippen LogP contribution in [0.2, 0.25) is 0 Å². The van der Waals surface area contributed by atoms with Gasteiger partial charge in [-0.15, -0.1) is 0 Å². The normalized spacial score (nSPS) is 20.1. The summed E-state index contributed by atoms with van der Waals surface area (Å²) in [6.45, 7) is 21.3. The average molecular weight is 300 g/mol. The quantitative estimate of drug-likeness (QED) is 0.687. The summed E-state index contributed by atoms with van der Waals surface area (Å²) in [5.74, 6) is 0.602. The molecule has 0 amide bonds. The summed E-state index contributed by atoms with van der Waals surface area (Å²) in [4.78, 5) is 5.01. The van der Waals surface area contributed by atoms with Gasteiger partial charge in [0, 0.05) is 39.3 Å². The van der Waals surface area contributed by atoms with E-state index in [0.29, 0.717) is 12.0 Å². The molecule has 0 saturated carbocycles. The summed E-state index contributed by atoms with van der Waals surface area (Å²) in [5.41, 5.74) is -0.0216. The molecule has 4 nitrogen and oxygen atoms in total. The lowest BCUT2D eigenvalue weighted by Gasteiger charge is -2.35. The fraction of sp³-hybridized carbons (Fsp3) is 1.00. The van der Waals surface area contributed by atoms with E-state index in [0.717, 1.165) is 52.5 Å². The van der Waals surface area contributed by atoms with Crippen molar-refractivity contribution in [2.24, 2.45) is 5.92 Å². The van der Waals surface area contributed by atoms with Crippen LogP contribution >= 0.6 is 0 Å². The summed E-state index contributed by atoms with van der Waals surface area (Å²) >= 11 is 0. The molecule has 1 aliphatic rings. The van der Waals surface area contributed by atoms with Gasteiger partial charge in [0.25, 0.3) is 0 Å². The van der Waals surface area contributed by atoms with Gasteiger partial charge in [0.05, 0.1) is 24.9 Å². The lowest BCUT2D eigenvalue weighted by atomic mass is 10.1. The van der Waals surface area contributed by atoms with Crippen LogP contribution in [-0.2, 0) is 9.47 Å². The minimum atomic E-state index is -0.0216. The van der Waals surface area contributed by atoms with Gasteiger partial charge in [-0.25, -0.2) is 0 Å². The molecule has 0 N–H and O–H groups in total. The Labute approximate surface area is 131 Å². The van der Waals surface area contributed by atoms with Crippen LogP contribution in [0.25, 0.3) is 0 Å². The number of hydrogen-bond donors (Lipinski definition) is 0. The first-order chi connectivity index (χ1) is 9.78. The fourth-order valence-electron chi connectivity index (χ4n) is 2.28. The second-order valence-corrected chi connectivity index (χ2v) is 7.46. The summed E-state index contributed by atoms with van der Waals surface area (Å²) in [6.07, 6.45) is 0.362. The predicted octanol–water partition coefficient (Wildman–Crippen LogP) is 2.48. The molecule has 1 aliphatic heterocycles. The van der Waals surface area contributed by atoms with Crippen molar-refractivity contribution in [2.75, 3.05) is 52.5 Å². The van der Waals surface area contributed by atoms with E-state index in [-0.39, 0.29) is 5.60 Å². The van der Waals surface area contributed by atoms with E-state index in [4.69, 9.17) is 9.47 Å². The maximum Gasteiger partial charge on any atom is 0.0600 e. The zero-order chi connectivity index (χ0) is 15.9. The molecule has 0 aromatic heterocycles. The first kappa shape index (κ1) is 18.9. The number of piperazine rings is 1. The summed E-state index contributed by atoms with van der Waals surface area (Å²) in [6, 6.07) is 0. The lowest BCUT2D eigenvalue weighted by molar-refractivity contribution is -0.0208. The van der Waals surface area contributed by atoms with Crippen molar-refractivity contribution < 1.29 is 9.47 Å². The minimum absolute atomic E-state index is 0.0216. The maximum atomic E-state index is 5.86. The van der Waals surface area contributed by atoms with Crippen molar-refractivity contribution in [3.63, 3.8) is 0 Å². The van der Waals surface area contributed by atoms with Crippen molar-refractivity contribution in [3.05, 3.63) is 0 Å². The standard InChI is InChI=1S/C17H36N2O2/c1-15(2)16(3)20-13-11-18-7-9-19(10-8-18)12-14-21-17(4,5)6/h15-16H,7-14H2,1-6H3/t16-/m1/s1. The van der Waals surface area contributed by atoms with E-state index < -0.39 is 0 Å². The van der Waals surface area contributed by atoms with Crippen molar-refractivity contribution in [3.8, 4) is 0 Å². The highest BCUT2D eigenvalue weighted by Gasteiger charge is 2.18. The van der Waals surface area contributed by atoms with Crippen molar-refractivity contribution in [1.29, 1.82) is 0 Å². The molecule has 126 valence electrons. The highest BCUT2D eigenvalue weighted by atomic mass is 16.5. The Hall–Kier alpha value is -0.160. The molecule has 0 unspecified atom stereocenters. The van der Waals surface area contributed by atoms with Crippen LogP contribution in [0.5, 0.6) is 0 Å². The molecule has 0 radical (unpaired) electrons. The Morgan fingerprint density at radius 1 is 0.857 bits per heavy atom. The van der Waals surface area contributed by atoms with Gasteiger partial charge in [-0.3, -0.25) is 9.80 Å². The second-order valence-electron chi connectivity index (χ2n) is 7.46. The van der Waals surface area contributed by atoms with Gasteiger partial charge in [-0.1, -0.05) is 13.8 Å². The number of rotatable bonds is 8. The molecule has 0 aromatic rings. The molecule has 21 heavy (non-hydrogen) atoms. The molecule has 0 aromatic carbocycles. The van der Waals surface area contributed by atoms with Crippen LogP contribution in [0.1, 0.15) is 41.5 Å². The van der Waals surface area contributed by atoms with E-state index in [9.17, 15) is 0 Å². The highest BCUT2D eigenvalue weighted by Crippen LogP contribution is 2.08. The average Bonchev–Trinajstić information content (AvgIpc) is 2.39. The SMILES string of the molecule is CC(C)[C@@H](C)OCCN1CCN(CCOC(C)(C)C)CC1. The van der Waals surface area contributed by atoms with Gasteiger partial charge in [0.1, 0.15) is 0 Å². The van der Waals surface area contributed by atoms with Crippen molar-refractivity contribution >= 4 is 0 Å². The van der Waals surface area contributed by atoms with Gasteiger partial charge in [0.15, 0.2) is 0 Å². The Kier molecular flexibility index (Phi) is 8.17. The Morgan fingerprint density at radius 2 is 1.33 bits per heavy atom. The van der Waals surface area contributed by atoms with Crippen LogP contribution in [0.4, 0.5) is 0 Å². The first-order valence-electron chi connectivity index (χ1n) is 8.48. The van der Waals surface area contributed by atoms with Crippen molar-refractivity contribution in [1.82, 2.24) is 9.80 Å². The summed E-state index contributed by atoms with van der Waals surface area (Å²) < 4.78 is 11.7. The van der Waals surface area contributed by atoms with Gasteiger partial charge in [-0.2, -0.15) is 0 Å². The van der Waals surface area contributed by atoms with Crippen LogP contribution in [-0.4, -0.2) is 74.0 Å². The van der Waals surface area contributed by atoms with E-state index in [1.807, 2.05) is 0 Å². The third-order valence-electron chi connectivity index (χ3n) is 4.13. The van der Waals surface area contributed by atoms with E-state index >= 15 is 0 Å². The first-order valence-corrected chi connectivity index (χ1v) is 8.48. The maximum absolute atomic E-state index is 5.86. The fourth-order valence-corrected chi connectivity index (χ4v) is 2.28. The molecule has 0 spiro atoms. The summed E-state index contributed by atoms with van der Waals surface area (Å²) in [5, 5.41) is 0. The Morgan fingerprint density at radius 3 is 1.76 bits per heavy atom. The number of nitrogens with zero attached hydrogens (tertiary/aromatic N) is 2. The van der Waals surface area contributed by atoms with Crippen LogP contribution in [0, 0.1) is 5.92 Å². The van der Waals surface area contributed by atoms with Crippen LogP contribution in [0.3, 0.4) is 0 Å². The second kappa shape index (κ2) is 9.09. The molecule has 1 rings (SSSR count). The molecular weight excluding hydrogens is 264 g/mol. The third kappa shape index (κ3) is 8.77. The monoisotopic (exact) mass is 300 g/mol. The van der Waals surface area contributed by atoms with Crippen LogP contribution in [0.15, 0.2) is 0 Å². The van der Waals surface area contributed by atoms with Gasteiger partial charge >= 0.3 is 0 Å². The van der Waals surface area contributed by atoms with Gasteiger partial charge in [0.2, 0.25) is 0 Å². The number of hydrogen-bond acceptors (Lipinski definition) is 4. The molecule has 0 aliphatic carbocycles. The Balaban J connectivity index is 2.07. The highest BCUT2D eigenvalue weighted by molar-refractivity contribution is 4.72. The lowest BCUT2D eigenvalue weighted by Crippen LogP contribution is -2.48. The molecule has 1 atom stereocenters. The molecule has 1 fully saturated rings. The number of ether oxygens (including phenoxy) is 2. The topological polar surface area (TPSA) is 24.9 Å². The minimum Gasteiger partial charge on any atom is -0.377 e. The van der Waals surface area contributed by atoms with Crippen molar-refractivity contribution in [2.45, 2.75) is 53.2 Å². The molecule has 1 saturated heterocycles. The summed E-state index contributed by atoms with van der Waals surface area (Å²) in [7, 11) is 0. The molecule has 0 bridgehead atoms. The van der Waals surface area contributed by atoms with E-state index in [1.54, 1.807) is 0 Å². The van der Waals surface area contributed by atoms with Gasteiger partial charge < -0.3 is 9.47 Å². The molecule has 1 heterocycles. The van der Waals surface area contributed by atoms with Crippen LogP contribution < -0.4 is 0 Å². The zero-order valence-corrected chi connectivity index (χ0v) is 15.0. The third-order valence-corrected chi connectivity index (χ3v) is 4.13.